The van der Waals surface area contributed by atoms with Gasteiger partial charge in [0.1, 0.15) is 0 Å². The third-order valence-electron chi connectivity index (χ3n) is 7.56. The van der Waals surface area contributed by atoms with Crippen LogP contribution in [-0.2, 0) is 0 Å². The Kier molecular flexibility index (Phi) is 6.22. The minimum absolute atomic E-state index is 0.0399. The molecule has 9 heteroatoms. The molecular formula is C34H22N4O4S. The number of nitrogens with two attached hydrogens (primary N) is 1. The Bertz CT molecular complexity index is 2150. The SMILES string of the molecule is Nc1ccc(-c2ccc3c(N(c4ccc5cc([N+](=O)[O-])ccc5c4)c4ccc5cc([N+](=O)[O-])ccc5c4)cccc3c2)s1. The number of rotatable bonds is 6. The van der Waals surface area contributed by atoms with Crippen molar-refractivity contribution in [1.29, 1.82) is 0 Å². The van der Waals surface area contributed by atoms with Gasteiger partial charge >= 0.3 is 0 Å². The van der Waals surface area contributed by atoms with E-state index in [-0.39, 0.29) is 11.4 Å². The van der Waals surface area contributed by atoms with Crippen LogP contribution >= 0.6 is 11.3 Å². The predicted molar refractivity (Wildman–Crippen MR) is 175 cm³/mol. The van der Waals surface area contributed by atoms with Crippen LogP contribution in [0, 0.1) is 20.2 Å². The van der Waals surface area contributed by atoms with E-state index >= 15 is 0 Å². The number of nitro groups is 2. The van der Waals surface area contributed by atoms with Crippen LogP contribution < -0.4 is 10.6 Å². The summed E-state index contributed by atoms with van der Waals surface area (Å²) in [6.45, 7) is 0. The molecular weight excluding hydrogens is 560 g/mol. The summed E-state index contributed by atoms with van der Waals surface area (Å²) in [5.74, 6) is 0. The number of nitrogens with zero attached hydrogens (tertiary/aromatic N) is 3. The number of nitro benzene ring substituents is 2. The quantitative estimate of drug-likeness (QED) is 0.154. The van der Waals surface area contributed by atoms with E-state index in [1.165, 1.54) is 12.1 Å². The van der Waals surface area contributed by atoms with Crippen molar-refractivity contribution >= 4 is 77.1 Å². The molecule has 0 amide bonds. The average molecular weight is 583 g/mol. The van der Waals surface area contributed by atoms with Crippen molar-refractivity contribution in [2.24, 2.45) is 0 Å². The lowest BCUT2D eigenvalue weighted by molar-refractivity contribution is -0.384. The van der Waals surface area contributed by atoms with Gasteiger partial charge in [-0.05, 0) is 93.2 Å². The van der Waals surface area contributed by atoms with Crippen LogP contribution in [0.25, 0.3) is 42.8 Å². The maximum Gasteiger partial charge on any atom is 0.270 e. The number of non-ortho nitro benzene ring substituents is 2. The van der Waals surface area contributed by atoms with Crippen LogP contribution in [0.5, 0.6) is 0 Å². The maximum atomic E-state index is 11.3. The van der Waals surface area contributed by atoms with Gasteiger partial charge in [0.2, 0.25) is 0 Å². The van der Waals surface area contributed by atoms with Gasteiger partial charge in [-0.15, -0.1) is 11.3 Å². The Morgan fingerprint density at radius 2 is 1.16 bits per heavy atom. The van der Waals surface area contributed by atoms with E-state index in [0.29, 0.717) is 0 Å². The molecule has 0 fully saturated rings. The van der Waals surface area contributed by atoms with E-state index in [1.807, 2.05) is 54.6 Å². The number of fused-ring (bicyclic) bond motifs is 3. The van der Waals surface area contributed by atoms with E-state index in [0.717, 1.165) is 64.8 Å². The van der Waals surface area contributed by atoms with Crippen LogP contribution in [0.2, 0.25) is 0 Å². The fourth-order valence-electron chi connectivity index (χ4n) is 5.50. The molecule has 0 atom stereocenters. The highest BCUT2D eigenvalue weighted by molar-refractivity contribution is 7.19. The highest BCUT2D eigenvalue weighted by atomic mass is 32.1. The van der Waals surface area contributed by atoms with Gasteiger partial charge in [-0.3, -0.25) is 20.2 Å². The summed E-state index contributed by atoms with van der Waals surface area (Å²) < 4.78 is 0. The Hall–Kier alpha value is -5.80. The van der Waals surface area contributed by atoms with Gasteiger partial charge in [0.25, 0.3) is 11.4 Å². The summed E-state index contributed by atoms with van der Waals surface area (Å²) in [5, 5.41) is 28.8. The van der Waals surface area contributed by atoms with Gasteiger partial charge in [0.15, 0.2) is 0 Å². The van der Waals surface area contributed by atoms with Gasteiger partial charge in [-0.2, -0.15) is 0 Å². The van der Waals surface area contributed by atoms with Crippen LogP contribution in [0.3, 0.4) is 0 Å². The van der Waals surface area contributed by atoms with Crippen LogP contribution in [-0.4, -0.2) is 9.85 Å². The molecule has 43 heavy (non-hydrogen) atoms. The summed E-state index contributed by atoms with van der Waals surface area (Å²) in [6.07, 6.45) is 0. The Labute approximate surface area is 249 Å². The van der Waals surface area contributed by atoms with Crippen molar-refractivity contribution in [3.8, 4) is 10.4 Å². The first-order chi connectivity index (χ1) is 20.8. The molecule has 1 heterocycles. The number of thiophene rings is 1. The van der Waals surface area contributed by atoms with Crippen molar-refractivity contribution in [2.75, 3.05) is 10.6 Å². The van der Waals surface area contributed by atoms with Gasteiger partial charge in [0, 0.05) is 45.9 Å². The van der Waals surface area contributed by atoms with Crippen molar-refractivity contribution in [2.45, 2.75) is 0 Å². The zero-order valence-electron chi connectivity index (χ0n) is 22.5. The second-order valence-corrected chi connectivity index (χ2v) is 11.3. The summed E-state index contributed by atoms with van der Waals surface area (Å²) in [4.78, 5) is 25.1. The number of nitrogen functional groups attached to an aromatic ring is 1. The molecule has 0 unspecified atom stereocenters. The average Bonchev–Trinajstić information content (AvgIpc) is 3.46. The van der Waals surface area contributed by atoms with E-state index in [4.69, 9.17) is 5.73 Å². The Balaban J connectivity index is 1.42. The molecule has 7 aromatic rings. The zero-order chi connectivity index (χ0) is 29.7. The molecule has 0 aliphatic heterocycles. The van der Waals surface area contributed by atoms with Crippen LogP contribution in [0.15, 0.2) is 121 Å². The third kappa shape index (κ3) is 4.77. The number of benzene rings is 6. The minimum atomic E-state index is -0.395. The molecule has 8 nitrogen and oxygen atoms in total. The topological polar surface area (TPSA) is 116 Å². The molecule has 0 spiro atoms. The van der Waals surface area contributed by atoms with Gasteiger partial charge in [0.05, 0.1) is 20.5 Å². The molecule has 0 aliphatic rings. The zero-order valence-corrected chi connectivity index (χ0v) is 23.3. The molecule has 7 rings (SSSR count). The van der Waals surface area contributed by atoms with E-state index < -0.39 is 9.85 Å². The van der Waals surface area contributed by atoms with Gasteiger partial charge < -0.3 is 10.6 Å². The molecule has 0 radical (unpaired) electrons. The van der Waals surface area contributed by atoms with Crippen molar-refractivity contribution in [1.82, 2.24) is 0 Å². The molecule has 0 aliphatic carbocycles. The van der Waals surface area contributed by atoms with E-state index in [1.54, 1.807) is 35.6 Å². The highest BCUT2D eigenvalue weighted by Crippen LogP contribution is 2.42. The molecule has 2 N–H and O–H groups in total. The second-order valence-electron chi connectivity index (χ2n) is 10.2. The van der Waals surface area contributed by atoms with E-state index in [9.17, 15) is 20.2 Å². The first kappa shape index (κ1) is 26.1. The highest BCUT2D eigenvalue weighted by Gasteiger charge is 2.18. The molecule has 0 bridgehead atoms. The minimum Gasteiger partial charge on any atom is -0.391 e. The van der Waals surface area contributed by atoms with E-state index in [2.05, 4.69) is 35.2 Å². The summed E-state index contributed by atoms with van der Waals surface area (Å²) in [7, 11) is 0. The molecule has 208 valence electrons. The lowest BCUT2D eigenvalue weighted by Gasteiger charge is -2.27. The first-order valence-corrected chi connectivity index (χ1v) is 14.2. The van der Waals surface area contributed by atoms with Gasteiger partial charge in [-0.1, -0.05) is 36.4 Å². The van der Waals surface area contributed by atoms with Crippen molar-refractivity contribution in [3.05, 3.63) is 142 Å². The number of hydrogen-bond donors (Lipinski definition) is 1. The summed E-state index contributed by atoms with van der Waals surface area (Å²) in [5.41, 5.74) is 9.83. The lowest BCUT2D eigenvalue weighted by Crippen LogP contribution is -2.10. The van der Waals surface area contributed by atoms with Gasteiger partial charge in [-0.25, -0.2) is 0 Å². The lowest BCUT2D eigenvalue weighted by atomic mass is 10.0. The third-order valence-corrected chi connectivity index (χ3v) is 8.53. The fraction of sp³-hybridized carbons (Fsp3) is 0. The molecule has 0 saturated carbocycles. The Morgan fingerprint density at radius 3 is 1.72 bits per heavy atom. The summed E-state index contributed by atoms with van der Waals surface area (Å²) in [6, 6.07) is 37.8. The molecule has 1 aromatic heterocycles. The summed E-state index contributed by atoms with van der Waals surface area (Å²) >= 11 is 1.54. The largest absolute Gasteiger partial charge is 0.391 e. The molecule has 6 aromatic carbocycles. The second kappa shape index (κ2) is 10.2. The normalized spacial score (nSPS) is 11.3. The van der Waals surface area contributed by atoms with Crippen molar-refractivity contribution in [3.63, 3.8) is 0 Å². The smallest absolute Gasteiger partial charge is 0.270 e. The van der Waals surface area contributed by atoms with Crippen LogP contribution in [0.1, 0.15) is 0 Å². The first-order valence-electron chi connectivity index (χ1n) is 13.4. The predicted octanol–water partition coefficient (Wildman–Crippen LogP) is 9.74. The van der Waals surface area contributed by atoms with Crippen molar-refractivity contribution < 1.29 is 9.85 Å². The Morgan fingerprint density at radius 1 is 0.581 bits per heavy atom. The number of hydrogen-bond acceptors (Lipinski definition) is 7. The van der Waals surface area contributed by atoms with Crippen LogP contribution in [0.4, 0.5) is 33.4 Å². The maximum absolute atomic E-state index is 11.3. The standard InChI is InChI=1S/C34H22N4O4S/c35-34-15-14-33(43-34)26-8-13-31-25(16-26)2-1-3-32(31)36(27-9-4-23-19-29(37(39)40)11-6-21(23)17-27)28-10-5-24-20-30(38(41)42)12-7-22(24)18-28/h1-20H,35H2. The molecule has 0 saturated heterocycles. The fourth-order valence-corrected chi connectivity index (χ4v) is 6.27. The monoisotopic (exact) mass is 582 g/mol. The number of anilines is 4.